The standard InChI is InChI=1S/C14H20BrNO2/c1-2-16(9-4-3-8-14(17)18)11-12-6-5-7-13(15)10-12/h5-7,10H,2-4,8-9,11H2,1H3,(H,17,18). The molecule has 4 heteroatoms. The van der Waals surface area contributed by atoms with Crippen molar-refractivity contribution >= 4 is 21.9 Å². The van der Waals surface area contributed by atoms with Crippen molar-refractivity contribution in [1.82, 2.24) is 4.90 Å². The van der Waals surface area contributed by atoms with Gasteiger partial charge in [-0.2, -0.15) is 0 Å². The van der Waals surface area contributed by atoms with E-state index in [9.17, 15) is 4.79 Å². The zero-order valence-electron chi connectivity index (χ0n) is 10.7. The third kappa shape index (κ3) is 6.17. The van der Waals surface area contributed by atoms with Gasteiger partial charge in [-0.05, 0) is 43.6 Å². The van der Waals surface area contributed by atoms with Crippen molar-refractivity contribution in [1.29, 1.82) is 0 Å². The normalized spacial score (nSPS) is 10.8. The highest BCUT2D eigenvalue weighted by molar-refractivity contribution is 9.10. The molecule has 0 spiro atoms. The van der Waals surface area contributed by atoms with E-state index in [0.717, 1.165) is 36.9 Å². The van der Waals surface area contributed by atoms with Gasteiger partial charge in [0.2, 0.25) is 0 Å². The molecule has 0 aliphatic heterocycles. The Morgan fingerprint density at radius 3 is 2.78 bits per heavy atom. The molecule has 0 bridgehead atoms. The summed E-state index contributed by atoms with van der Waals surface area (Å²) in [5.41, 5.74) is 1.28. The van der Waals surface area contributed by atoms with E-state index in [2.05, 4.69) is 39.9 Å². The fraction of sp³-hybridized carbons (Fsp3) is 0.500. The minimum Gasteiger partial charge on any atom is -0.481 e. The average Bonchev–Trinajstić information content (AvgIpc) is 2.33. The van der Waals surface area contributed by atoms with Gasteiger partial charge in [0.15, 0.2) is 0 Å². The Morgan fingerprint density at radius 1 is 1.39 bits per heavy atom. The SMILES string of the molecule is CCN(CCCCC(=O)O)Cc1cccc(Br)c1. The first-order valence-corrected chi connectivity index (χ1v) is 7.09. The zero-order valence-corrected chi connectivity index (χ0v) is 12.3. The number of rotatable bonds is 8. The van der Waals surface area contributed by atoms with Gasteiger partial charge in [-0.3, -0.25) is 9.69 Å². The van der Waals surface area contributed by atoms with Crippen LogP contribution in [-0.2, 0) is 11.3 Å². The number of carboxylic acid groups (broad SMARTS) is 1. The van der Waals surface area contributed by atoms with Gasteiger partial charge in [0.1, 0.15) is 0 Å². The Labute approximate surface area is 117 Å². The summed E-state index contributed by atoms with van der Waals surface area (Å²) < 4.78 is 1.10. The fourth-order valence-electron chi connectivity index (χ4n) is 1.85. The molecular weight excluding hydrogens is 294 g/mol. The summed E-state index contributed by atoms with van der Waals surface area (Å²) in [5, 5.41) is 8.58. The quantitative estimate of drug-likeness (QED) is 0.746. The van der Waals surface area contributed by atoms with Crippen LogP contribution < -0.4 is 0 Å². The van der Waals surface area contributed by atoms with E-state index in [-0.39, 0.29) is 6.42 Å². The zero-order chi connectivity index (χ0) is 13.4. The highest BCUT2D eigenvalue weighted by Gasteiger charge is 2.04. The largest absolute Gasteiger partial charge is 0.481 e. The molecule has 0 aliphatic rings. The van der Waals surface area contributed by atoms with E-state index in [0.29, 0.717) is 0 Å². The summed E-state index contributed by atoms with van der Waals surface area (Å²) in [4.78, 5) is 12.8. The van der Waals surface area contributed by atoms with Gasteiger partial charge in [-0.25, -0.2) is 0 Å². The van der Waals surface area contributed by atoms with Crippen LogP contribution >= 0.6 is 15.9 Å². The lowest BCUT2D eigenvalue weighted by molar-refractivity contribution is -0.137. The van der Waals surface area contributed by atoms with Crippen LogP contribution in [0.2, 0.25) is 0 Å². The first-order valence-electron chi connectivity index (χ1n) is 6.30. The van der Waals surface area contributed by atoms with Crippen molar-refractivity contribution in [2.45, 2.75) is 32.7 Å². The van der Waals surface area contributed by atoms with E-state index >= 15 is 0 Å². The number of benzene rings is 1. The van der Waals surface area contributed by atoms with Gasteiger partial charge in [0.05, 0.1) is 0 Å². The molecule has 0 saturated heterocycles. The summed E-state index contributed by atoms with van der Waals surface area (Å²) in [5.74, 6) is -0.704. The van der Waals surface area contributed by atoms with Crippen LogP contribution in [-0.4, -0.2) is 29.1 Å². The highest BCUT2D eigenvalue weighted by atomic mass is 79.9. The van der Waals surface area contributed by atoms with Gasteiger partial charge in [0.25, 0.3) is 0 Å². The van der Waals surface area contributed by atoms with Crippen LogP contribution in [0.15, 0.2) is 28.7 Å². The maximum absolute atomic E-state index is 10.4. The Morgan fingerprint density at radius 2 is 2.17 bits per heavy atom. The summed E-state index contributed by atoms with van der Waals surface area (Å²) >= 11 is 3.47. The molecule has 1 aromatic carbocycles. The number of unbranched alkanes of at least 4 members (excludes halogenated alkanes) is 1. The molecule has 0 heterocycles. The van der Waals surface area contributed by atoms with E-state index in [1.165, 1.54) is 5.56 Å². The van der Waals surface area contributed by atoms with Crippen molar-refractivity contribution in [2.75, 3.05) is 13.1 Å². The van der Waals surface area contributed by atoms with E-state index in [4.69, 9.17) is 5.11 Å². The topological polar surface area (TPSA) is 40.5 Å². The molecule has 0 unspecified atom stereocenters. The van der Waals surface area contributed by atoms with E-state index < -0.39 is 5.97 Å². The van der Waals surface area contributed by atoms with Crippen molar-refractivity contribution in [3.05, 3.63) is 34.3 Å². The third-order valence-corrected chi connectivity index (χ3v) is 3.35. The van der Waals surface area contributed by atoms with Crippen LogP contribution in [0.25, 0.3) is 0 Å². The van der Waals surface area contributed by atoms with Gasteiger partial charge >= 0.3 is 5.97 Å². The summed E-state index contributed by atoms with van der Waals surface area (Å²) in [7, 11) is 0. The van der Waals surface area contributed by atoms with Gasteiger partial charge in [0, 0.05) is 17.4 Å². The predicted octanol–water partition coefficient (Wildman–Crippen LogP) is 3.53. The Hall–Kier alpha value is -0.870. The molecule has 100 valence electrons. The Kier molecular flexibility index (Phi) is 6.98. The number of aliphatic carboxylic acids is 1. The lowest BCUT2D eigenvalue weighted by Gasteiger charge is -2.20. The summed E-state index contributed by atoms with van der Waals surface area (Å²) in [6.45, 7) is 4.99. The van der Waals surface area contributed by atoms with Crippen LogP contribution in [0.5, 0.6) is 0 Å². The molecule has 0 aliphatic carbocycles. The molecule has 3 nitrogen and oxygen atoms in total. The van der Waals surface area contributed by atoms with Crippen molar-refractivity contribution in [3.8, 4) is 0 Å². The minimum atomic E-state index is -0.704. The molecule has 0 atom stereocenters. The van der Waals surface area contributed by atoms with Crippen molar-refractivity contribution in [3.63, 3.8) is 0 Å². The summed E-state index contributed by atoms with van der Waals surface area (Å²) in [6, 6.07) is 8.30. The second kappa shape index (κ2) is 8.27. The number of hydrogen-bond donors (Lipinski definition) is 1. The van der Waals surface area contributed by atoms with E-state index in [1.54, 1.807) is 0 Å². The van der Waals surface area contributed by atoms with Crippen LogP contribution in [0.4, 0.5) is 0 Å². The van der Waals surface area contributed by atoms with E-state index in [1.807, 2.05) is 12.1 Å². The molecule has 0 radical (unpaired) electrons. The Bertz CT molecular complexity index is 382. The maximum Gasteiger partial charge on any atom is 0.303 e. The number of carboxylic acids is 1. The number of hydrogen-bond acceptors (Lipinski definition) is 2. The average molecular weight is 314 g/mol. The van der Waals surface area contributed by atoms with Gasteiger partial charge in [-0.1, -0.05) is 35.0 Å². The first-order chi connectivity index (χ1) is 8.61. The number of halogens is 1. The molecule has 0 aromatic heterocycles. The molecule has 1 N–H and O–H groups in total. The predicted molar refractivity (Wildman–Crippen MR) is 76.6 cm³/mol. The number of nitrogens with zero attached hydrogens (tertiary/aromatic N) is 1. The number of carbonyl (C=O) groups is 1. The molecular formula is C14H20BrNO2. The third-order valence-electron chi connectivity index (χ3n) is 2.86. The van der Waals surface area contributed by atoms with Crippen LogP contribution in [0, 0.1) is 0 Å². The molecule has 0 saturated carbocycles. The lowest BCUT2D eigenvalue weighted by Crippen LogP contribution is -2.24. The second-order valence-corrected chi connectivity index (χ2v) is 5.27. The van der Waals surface area contributed by atoms with Crippen molar-refractivity contribution in [2.24, 2.45) is 0 Å². The van der Waals surface area contributed by atoms with Gasteiger partial charge < -0.3 is 5.11 Å². The molecule has 1 rings (SSSR count). The van der Waals surface area contributed by atoms with Gasteiger partial charge in [-0.15, -0.1) is 0 Å². The van der Waals surface area contributed by atoms with Crippen molar-refractivity contribution < 1.29 is 9.90 Å². The van der Waals surface area contributed by atoms with Crippen LogP contribution in [0.3, 0.4) is 0 Å². The minimum absolute atomic E-state index is 0.272. The lowest BCUT2D eigenvalue weighted by atomic mass is 10.2. The second-order valence-electron chi connectivity index (χ2n) is 4.35. The molecule has 0 amide bonds. The van der Waals surface area contributed by atoms with Crippen LogP contribution in [0.1, 0.15) is 31.7 Å². The highest BCUT2D eigenvalue weighted by Crippen LogP contribution is 2.13. The smallest absolute Gasteiger partial charge is 0.303 e. The molecule has 1 aromatic rings. The molecule has 18 heavy (non-hydrogen) atoms. The Balaban J connectivity index is 2.35. The fourth-order valence-corrected chi connectivity index (χ4v) is 2.30. The maximum atomic E-state index is 10.4. The monoisotopic (exact) mass is 313 g/mol. The molecule has 0 fully saturated rings. The summed E-state index contributed by atoms with van der Waals surface area (Å²) in [6.07, 6.45) is 1.97. The first kappa shape index (κ1) is 15.2.